The second kappa shape index (κ2) is 6.20. The van der Waals surface area contributed by atoms with Crippen LogP contribution < -0.4 is 11.1 Å². The number of hydrogen-bond donors (Lipinski definition) is 3. The van der Waals surface area contributed by atoms with Gasteiger partial charge in [-0.2, -0.15) is 0 Å². The van der Waals surface area contributed by atoms with Crippen molar-refractivity contribution in [2.75, 3.05) is 6.54 Å². The zero-order chi connectivity index (χ0) is 12.8. The van der Waals surface area contributed by atoms with Gasteiger partial charge in [0.25, 0.3) is 5.91 Å². The van der Waals surface area contributed by atoms with Crippen LogP contribution >= 0.6 is 0 Å². The molecule has 0 aromatic heterocycles. The summed E-state index contributed by atoms with van der Waals surface area (Å²) in [6, 6.07) is 3.54. The number of amides is 1. The maximum Gasteiger partial charge on any atom is 0.258 e. The third-order valence-electron chi connectivity index (χ3n) is 2.48. The van der Waals surface area contributed by atoms with E-state index in [1.165, 1.54) is 12.1 Å². The molecule has 0 spiro atoms. The third-order valence-corrected chi connectivity index (χ3v) is 2.48. The minimum atomic E-state index is -0.741. The maximum absolute atomic E-state index is 13.4. The molecular weight excluding hydrogens is 223 g/mol. The Kier molecular flexibility index (Phi) is 4.90. The molecule has 1 amide bonds. The van der Waals surface area contributed by atoms with Gasteiger partial charge >= 0.3 is 0 Å². The SMILES string of the molecule is CCCC(CN)NC(=O)c1c(O)cccc1F. The third kappa shape index (κ3) is 3.42. The first-order valence-corrected chi connectivity index (χ1v) is 5.58. The van der Waals surface area contributed by atoms with Crippen molar-refractivity contribution in [3.63, 3.8) is 0 Å². The molecule has 1 rings (SSSR count). The molecule has 94 valence electrons. The molecule has 0 aliphatic carbocycles. The molecular formula is C12H17FN2O2. The molecule has 4 N–H and O–H groups in total. The predicted molar refractivity (Wildman–Crippen MR) is 63.3 cm³/mol. The highest BCUT2D eigenvalue weighted by Gasteiger charge is 2.18. The minimum absolute atomic E-state index is 0.202. The van der Waals surface area contributed by atoms with Crippen molar-refractivity contribution in [2.24, 2.45) is 5.73 Å². The molecule has 1 atom stereocenters. The van der Waals surface area contributed by atoms with Gasteiger partial charge in [0, 0.05) is 12.6 Å². The van der Waals surface area contributed by atoms with Gasteiger partial charge in [0.05, 0.1) is 0 Å². The maximum atomic E-state index is 13.4. The Morgan fingerprint density at radius 2 is 2.29 bits per heavy atom. The van der Waals surface area contributed by atoms with Gasteiger partial charge in [-0.25, -0.2) is 4.39 Å². The van der Waals surface area contributed by atoms with Crippen LogP contribution in [0.3, 0.4) is 0 Å². The Hall–Kier alpha value is -1.62. The summed E-state index contributed by atoms with van der Waals surface area (Å²) in [7, 11) is 0. The van der Waals surface area contributed by atoms with E-state index in [-0.39, 0.29) is 23.9 Å². The lowest BCUT2D eigenvalue weighted by molar-refractivity contribution is 0.0929. The molecule has 0 radical (unpaired) electrons. The van der Waals surface area contributed by atoms with Gasteiger partial charge in [0.1, 0.15) is 17.1 Å². The molecule has 0 saturated carbocycles. The highest BCUT2D eigenvalue weighted by Crippen LogP contribution is 2.19. The molecule has 0 bridgehead atoms. The van der Waals surface area contributed by atoms with Crippen molar-refractivity contribution >= 4 is 5.91 Å². The standard InChI is InChI=1S/C12H17FN2O2/c1-2-4-8(7-14)15-12(17)11-9(13)5-3-6-10(11)16/h3,5-6,8,16H,2,4,7,14H2,1H3,(H,15,17). The van der Waals surface area contributed by atoms with E-state index in [4.69, 9.17) is 5.73 Å². The first-order chi connectivity index (χ1) is 8.10. The molecule has 1 unspecified atom stereocenters. The molecule has 0 aliphatic rings. The summed E-state index contributed by atoms with van der Waals surface area (Å²) in [4.78, 5) is 11.8. The van der Waals surface area contributed by atoms with Gasteiger partial charge in [-0.05, 0) is 18.6 Å². The van der Waals surface area contributed by atoms with Gasteiger partial charge in [0.2, 0.25) is 0 Å². The molecule has 4 nitrogen and oxygen atoms in total. The van der Waals surface area contributed by atoms with Crippen molar-refractivity contribution in [1.29, 1.82) is 0 Å². The number of halogens is 1. The largest absolute Gasteiger partial charge is 0.507 e. The lowest BCUT2D eigenvalue weighted by Crippen LogP contribution is -2.40. The van der Waals surface area contributed by atoms with Gasteiger partial charge in [-0.1, -0.05) is 19.4 Å². The van der Waals surface area contributed by atoms with E-state index in [2.05, 4.69) is 5.32 Å². The van der Waals surface area contributed by atoms with E-state index in [0.29, 0.717) is 0 Å². The molecule has 17 heavy (non-hydrogen) atoms. The van der Waals surface area contributed by atoms with Crippen LogP contribution in [-0.4, -0.2) is 23.6 Å². The number of nitrogens with one attached hydrogen (secondary N) is 1. The fourth-order valence-electron chi connectivity index (χ4n) is 1.59. The van der Waals surface area contributed by atoms with Gasteiger partial charge in [0.15, 0.2) is 0 Å². The molecule has 1 aromatic carbocycles. The fourth-order valence-corrected chi connectivity index (χ4v) is 1.59. The number of nitrogens with two attached hydrogens (primary N) is 1. The smallest absolute Gasteiger partial charge is 0.258 e. The predicted octanol–water partition coefficient (Wildman–Crippen LogP) is 1.39. The highest BCUT2D eigenvalue weighted by molar-refractivity contribution is 5.97. The fraction of sp³-hybridized carbons (Fsp3) is 0.417. The number of carbonyl (C=O) groups is 1. The second-order valence-electron chi connectivity index (χ2n) is 3.83. The van der Waals surface area contributed by atoms with Crippen LogP contribution in [0.15, 0.2) is 18.2 Å². The number of benzene rings is 1. The van der Waals surface area contributed by atoms with Gasteiger partial charge in [-0.15, -0.1) is 0 Å². The number of hydrogen-bond acceptors (Lipinski definition) is 3. The lowest BCUT2D eigenvalue weighted by atomic mass is 10.1. The van der Waals surface area contributed by atoms with E-state index in [0.717, 1.165) is 18.9 Å². The van der Waals surface area contributed by atoms with Crippen LogP contribution in [-0.2, 0) is 0 Å². The Balaban J connectivity index is 2.82. The zero-order valence-electron chi connectivity index (χ0n) is 9.74. The Morgan fingerprint density at radius 1 is 1.59 bits per heavy atom. The van der Waals surface area contributed by atoms with E-state index in [1.807, 2.05) is 6.92 Å². The van der Waals surface area contributed by atoms with Crippen molar-refractivity contribution in [3.8, 4) is 5.75 Å². The molecule has 0 aliphatic heterocycles. The molecule has 5 heteroatoms. The van der Waals surface area contributed by atoms with Crippen LogP contribution in [0, 0.1) is 5.82 Å². The van der Waals surface area contributed by atoms with E-state index >= 15 is 0 Å². The summed E-state index contributed by atoms with van der Waals surface area (Å²) < 4.78 is 13.4. The number of phenolic OH excluding ortho intramolecular Hbond substituents is 1. The topological polar surface area (TPSA) is 75.3 Å². The first kappa shape index (κ1) is 13.4. The van der Waals surface area contributed by atoms with Crippen molar-refractivity contribution < 1.29 is 14.3 Å². The Bertz CT molecular complexity index is 376. The average molecular weight is 240 g/mol. The minimum Gasteiger partial charge on any atom is -0.507 e. The van der Waals surface area contributed by atoms with Crippen LogP contribution in [0.1, 0.15) is 30.1 Å². The number of rotatable bonds is 5. The molecule has 0 fully saturated rings. The summed E-state index contributed by atoms with van der Waals surface area (Å²) in [5, 5.41) is 12.0. The molecule has 0 saturated heterocycles. The molecule has 0 heterocycles. The normalized spacial score (nSPS) is 12.2. The summed E-state index contributed by atoms with van der Waals surface area (Å²) in [6.45, 7) is 2.25. The first-order valence-electron chi connectivity index (χ1n) is 5.58. The van der Waals surface area contributed by atoms with Gasteiger partial charge < -0.3 is 16.2 Å². The van der Waals surface area contributed by atoms with Crippen molar-refractivity contribution in [2.45, 2.75) is 25.8 Å². The van der Waals surface area contributed by atoms with Crippen molar-refractivity contribution in [3.05, 3.63) is 29.6 Å². The number of carbonyl (C=O) groups excluding carboxylic acids is 1. The van der Waals surface area contributed by atoms with E-state index < -0.39 is 11.7 Å². The monoisotopic (exact) mass is 240 g/mol. The summed E-state index contributed by atoms with van der Waals surface area (Å²) in [5.74, 6) is -1.74. The Morgan fingerprint density at radius 3 is 2.82 bits per heavy atom. The van der Waals surface area contributed by atoms with Crippen LogP contribution in [0.5, 0.6) is 5.75 Å². The van der Waals surface area contributed by atoms with Gasteiger partial charge in [-0.3, -0.25) is 4.79 Å². The molecule has 1 aromatic rings. The van der Waals surface area contributed by atoms with Crippen LogP contribution in [0.25, 0.3) is 0 Å². The van der Waals surface area contributed by atoms with Crippen LogP contribution in [0.2, 0.25) is 0 Å². The summed E-state index contributed by atoms with van der Waals surface area (Å²) >= 11 is 0. The highest BCUT2D eigenvalue weighted by atomic mass is 19.1. The second-order valence-corrected chi connectivity index (χ2v) is 3.83. The number of aromatic hydroxyl groups is 1. The van der Waals surface area contributed by atoms with E-state index in [9.17, 15) is 14.3 Å². The quantitative estimate of drug-likeness (QED) is 0.728. The lowest BCUT2D eigenvalue weighted by Gasteiger charge is -2.16. The van der Waals surface area contributed by atoms with Crippen molar-refractivity contribution in [1.82, 2.24) is 5.32 Å². The van der Waals surface area contributed by atoms with Crippen LogP contribution in [0.4, 0.5) is 4.39 Å². The van der Waals surface area contributed by atoms with E-state index in [1.54, 1.807) is 0 Å². The summed E-state index contributed by atoms with van der Waals surface area (Å²) in [5.41, 5.74) is 5.16. The summed E-state index contributed by atoms with van der Waals surface area (Å²) in [6.07, 6.45) is 1.59. The number of phenols is 1. The zero-order valence-corrected chi connectivity index (χ0v) is 9.74. The average Bonchev–Trinajstić information content (AvgIpc) is 2.28. The Labute approximate surface area is 99.6 Å².